The van der Waals surface area contributed by atoms with Crippen LogP contribution in [0.15, 0.2) is 30.6 Å². The average Bonchev–Trinajstić information content (AvgIpc) is 2.30. The Morgan fingerprint density at radius 2 is 1.37 bits per heavy atom. The number of nitrogens with zero attached hydrogens (tertiary/aromatic N) is 1. The number of rotatable bonds is 1. The van der Waals surface area contributed by atoms with Gasteiger partial charge in [0.15, 0.2) is 0 Å². The highest BCUT2D eigenvalue weighted by atomic mass is 16.6. The number of carbonyl (C=O) groups excluding carboxylic acids is 3. The van der Waals surface area contributed by atoms with Gasteiger partial charge in [0, 0.05) is 32.2 Å². The summed E-state index contributed by atoms with van der Waals surface area (Å²) in [7, 11) is 0. The Balaban J connectivity index is 0. The number of pyridine rings is 1. The molecule has 0 aliphatic rings. The number of amides is 1. The molecule has 6 heteroatoms. The molecule has 0 atom stereocenters. The Morgan fingerprint density at radius 3 is 1.42 bits per heavy atom. The van der Waals surface area contributed by atoms with Crippen LogP contribution in [0.4, 0.5) is 0 Å². The third-order valence-corrected chi connectivity index (χ3v) is 1.42. The second-order valence-corrected chi connectivity index (χ2v) is 3.67. The van der Waals surface area contributed by atoms with Gasteiger partial charge in [-0.1, -0.05) is 19.9 Å². The van der Waals surface area contributed by atoms with Crippen LogP contribution in [0.2, 0.25) is 0 Å². The zero-order valence-corrected chi connectivity index (χ0v) is 11.6. The number of ether oxygens (including phenoxy) is 1. The van der Waals surface area contributed by atoms with Gasteiger partial charge in [0.05, 0.1) is 0 Å². The largest absolute Gasteiger partial charge is 0.394 e. The van der Waals surface area contributed by atoms with Gasteiger partial charge in [-0.05, 0) is 12.1 Å². The van der Waals surface area contributed by atoms with Crippen molar-refractivity contribution >= 4 is 17.8 Å². The van der Waals surface area contributed by atoms with E-state index in [4.69, 9.17) is 5.73 Å². The molecule has 0 aromatic carbocycles. The summed E-state index contributed by atoms with van der Waals surface area (Å²) in [5.74, 6) is -1.37. The van der Waals surface area contributed by atoms with Gasteiger partial charge in [-0.25, -0.2) is 0 Å². The van der Waals surface area contributed by atoms with Crippen molar-refractivity contribution in [1.29, 1.82) is 0 Å². The summed E-state index contributed by atoms with van der Waals surface area (Å²) >= 11 is 0. The Labute approximate surface area is 113 Å². The lowest BCUT2D eigenvalue weighted by Crippen LogP contribution is -2.17. The first-order chi connectivity index (χ1) is 8.77. The van der Waals surface area contributed by atoms with Crippen LogP contribution < -0.4 is 5.73 Å². The molecular weight excluding hydrogens is 248 g/mol. The number of aromatic nitrogens is 1. The van der Waals surface area contributed by atoms with Gasteiger partial charge >= 0.3 is 11.9 Å². The SMILES string of the molecule is CC(=O)OC(C)=O.CC(C)C(N)=O.c1ccncc1. The fourth-order valence-corrected chi connectivity index (χ4v) is 0.515. The lowest BCUT2D eigenvalue weighted by Gasteiger charge is -1.90. The topological polar surface area (TPSA) is 99.4 Å². The second kappa shape index (κ2) is 12.2. The normalized spacial score (nSPS) is 8.26. The summed E-state index contributed by atoms with van der Waals surface area (Å²) in [5.41, 5.74) is 4.80. The van der Waals surface area contributed by atoms with E-state index in [0.717, 1.165) is 0 Å². The van der Waals surface area contributed by atoms with E-state index in [1.54, 1.807) is 26.2 Å². The molecule has 0 aliphatic heterocycles. The quantitative estimate of drug-likeness (QED) is 0.611. The van der Waals surface area contributed by atoms with Crippen LogP contribution in [0.25, 0.3) is 0 Å². The van der Waals surface area contributed by atoms with Crippen molar-refractivity contribution < 1.29 is 19.1 Å². The molecule has 6 nitrogen and oxygen atoms in total. The lowest BCUT2D eigenvalue weighted by atomic mass is 10.2. The van der Waals surface area contributed by atoms with Crippen LogP contribution in [-0.4, -0.2) is 22.8 Å². The molecule has 0 radical (unpaired) electrons. The predicted octanol–water partition coefficient (Wildman–Crippen LogP) is 1.31. The molecule has 19 heavy (non-hydrogen) atoms. The van der Waals surface area contributed by atoms with Crippen molar-refractivity contribution in [3.05, 3.63) is 30.6 Å². The van der Waals surface area contributed by atoms with Gasteiger partial charge in [-0.15, -0.1) is 0 Å². The summed E-state index contributed by atoms with van der Waals surface area (Å²) in [5, 5.41) is 0. The smallest absolute Gasteiger partial charge is 0.310 e. The van der Waals surface area contributed by atoms with Gasteiger partial charge in [0.2, 0.25) is 5.91 Å². The number of carbonyl (C=O) groups is 3. The Bertz CT molecular complexity index is 339. The van der Waals surface area contributed by atoms with Crippen molar-refractivity contribution in [3.8, 4) is 0 Å². The Kier molecular flexibility index (Phi) is 12.3. The van der Waals surface area contributed by atoms with E-state index < -0.39 is 11.9 Å². The molecule has 0 unspecified atom stereocenters. The first kappa shape index (κ1) is 19.1. The zero-order chi connectivity index (χ0) is 15.3. The van der Waals surface area contributed by atoms with E-state index in [2.05, 4.69) is 9.72 Å². The summed E-state index contributed by atoms with van der Waals surface area (Å²) in [6.45, 7) is 5.90. The summed E-state index contributed by atoms with van der Waals surface area (Å²) in [6, 6.07) is 5.72. The molecule has 1 aromatic rings. The minimum atomic E-state index is -0.562. The minimum Gasteiger partial charge on any atom is -0.394 e. The van der Waals surface area contributed by atoms with E-state index in [-0.39, 0.29) is 11.8 Å². The molecule has 0 saturated carbocycles. The molecule has 0 spiro atoms. The van der Waals surface area contributed by atoms with E-state index in [0.29, 0.717) is 0 Å². The van der Waals surface area contributed by atoms with Crippen LogP contribution in [-0.2, 0) is 19.1 Å². The fourth-order valence-electron chi connectivity index (χ4n) is 0.515. The summed E-state index contributed by atoms with van der Waals surface area (Å²) in [4.78, 5) is 33.3. The molecule has 1 heterocycles. The molecule has 0 bridgehead atoms. The first-order valence-electron chi connectivity index (χ1n) is 5.60. The summed E-state index contributed by atoms with van der Waals surface area (Å²) < 4.78 is 3.97. The Hall–Kier alpha value is -2.24. The highest BCUT2D eigenvalue weighted by molar-refractivity contribution is 5.82. The van der Waals surface area contributed by atoms with Crippen LogP contribution in [0, 0.1) is 5.92 Å². The second-order valence-electron chi connectivity index (χ2n) is 3.67. The molecule has 0 aliphatic carbocycles. The minimum absolute atomic E-state index is 0.00926. The third-order valence-electron chi connectivity index (χ3n) is 1.42. The van der Waals surface area contributed by atoms with E-state index in [9.17, 15) is 14.4 Å². The average molecular weight is 268 g/mol. The van der Waals surface area contributed by atoms with Crippen LogP contribution in [0.1, 0.15) is 27.7 Å². The number of primary amides is 1. The monoisotopic (exact) mass is 268 g/mol. The van der Waals surface area contributed by atoms with Crippen molar-refractivity contribution in [2.75, 3.05) is 0 Å². The molecule has 2 N–H and O–H groups in total. The maximum Gasteiger partial charge on any atom is 0.310 e. The van der Waals surface area contributed by atoms with Crippen LogP contribution in [0.5, 0.6) is 0 Å². The summed E-state index contributed by atoms with van der Waals surface area (Å²) in [6.07, 6.45) is 3.50. The first-order valence-corrected chi connectivity index (χ1v) is 5.60. The standard InChI is InChI=1S/C5H5N.C4H9NO.C4H6O3/c1-2-4-6-5-3-1;1-3(2)4(5)6;1-3(5)7-4(2)6/h1-5H;3H,1-2H3,(H2,5,6);1-2H3. The van der Waals surface area contributed by atoms with Gasteiger partial charge < -0.3 is 10.5 Å². The van der Waals surface area contributed by atoms with Gasteiger partial charge in [-0.3, -0.25) is 19.4 Å². The van der Waals surface area contributed by atoms with Crippen molar-refractivity contribution in [2.45, 2.75) is 27.7 Å². The number of hydrogen-bond donors (Lipinski definition) is 1. The lowest BCUT2D eigenvalue weighted by molar-refractivity contribution is -0.156. The van der Waals surface area contributed by atoms with Crippen LogP contribution in [0.3, 0.4) is 0 Å². The number of hydrogen-bond acceptors (Lipinski definition) is 5. The van der Waals surface area contributed by atoms with Crippen molar-refractivity contribution in [2.24, 2.45) is 11.7 Å². The van der Waals surface area contributed by atoms with Crippen molar-refractivity contribution in [3.63, 3.8) is 0 Å². The van der Waals surface area contributed by atoms with E-state index in [1.165, 1.54) is 13.8 Å². The molecule has 0 fully saturated rings. The maximum atomic E-state index is 9.92. The number of nitrogens with two attached hydrogens (primary N) is 1. The number of esters is 2. The molecular formula is C13H20N2O4. The van der Waals surface area contributed by atoms with E-state index in [1.807, 2.05) is 18.2 Å². The van der Waals surface area contributed by atoms with E-state index >= 15 is 0 Å². The highest BCUT2D eigenvalue weighted by Gasteiger charge is 1.96. The van der Waals surface area contributed by atoms with Gasteiger partial charge in [0.1, 0.15) is 0 Å². The highest BCUT2D eigenvalue weighted by Crippen LogP contribution is 1.84. The van der Waals surface area contributed by atoms with Crippen molar-refractivity contribution in [1.82, 2.24) is 4.98 Å². The molecule has 1 rings (SSSR count). The van der Waals surface area contributed by atoms with Gasteiger partial charge in [0.25, 0.3) is 0 Å². The molecule has 0 saturated heterocycles. The molecule has 106 valence electrons. The predicted molar refractivity (Wildman–Crippen MR) is 70.7 cm³/mol. The van der Waals surface area contributed by atoms with Crippen LogP contribution >= 0.6 is 0 Å². The Morgan fingerprint density at radius 1 is 1.00 bits per heavy atom. The van der Waals surface area contributed by atoms with Gasteiger partial charge in [-0.2, -0.15) is 0 Å². The third kappa shape index (κ3) is 21.6. The maximum absolute atomic E-state index is 9.92. The fraction of sp³-hybridized carbons (Fsp3) is 0.385. The zero-order valence-electron chi connectivity index (χ0n) is 11.6. The molecule has 1 aromatic heterocycles. The molecule has 1 amide bonds.